The first-order valence-corrected chi connectivity index (χ1v) is 14.5. The van der Waals surface area contributed by atoms with Gasteiger partial charge < -0.3 is 14.7 Å². The van der Waals surface area contributed by atoms with Crippen LogP contribution in [0.5, 0.6) is 5.75 Å². The molecule has 3 aromatic rings. The molecule has 0 aliphatic carbocycles. The van der Waals surface area contributed by atoms with Gasteiger partial charge in [-0.15, -0.1) is 0 Å². The lowest BCUT2D eigenvalue weighted by atomic mass is 10.0. The van der Waals surface area contributed by atoms with Gasteiger partial charge in [0.05, 0.1) is 24.0 Å². The number of rotatable bonds is 9. The number of nitrogens with zero attached hydrogens (tertiary/aromatic N) is 3. The number of ether oxygens (including phenoxy) is 1. The SMILES string of the molecule is C[C@@H]1CN([C@H](C)CO)C(=O)Cc2cc(NS(=O)(=O)c3ccccc3)ccc2O[C@H]1CN(C)Cc1ccncc1. The molecule has 208 valence electrons. The van der Waals surface area contributed by atoms with E-state index >= 15 is 0 Å². The van der Waals surface area contributed by atoms with Crippen LogP contribution >= 0.6 is 0 Å². The van der Waals surface area contributed by atoms with E-state index in [1.54, 1.807) is 53.7 Å². The average Bonchev–Trinajstić information content (AvgIpc) is 2.96. The minimum atomic E-state index is -3.80. The van der Waals surface area contributed by atoms with Crippen molar-refractivity contribution in [3.05, 3.63) is 84.2 Å². The lowest BCUT2D eigenvalue weighted by molar-refractivity contribution is -0.134. The molecule has 1 amide bonds. The summed E-state index contributed by atoms with van der Waals surface area (Å²) in [6, 6.07) is 16.7. The number of benzene rings is 2. The van der Waals surface area contributed by atoms with Gasteiger partial charge >= 0.3 is 0 Å². The number of carbonyl (C=O) groups is 1. The van der Waals surface area contributed by atoms with Crippen molar-refractivity contribution in [3.63, 3.8) is 0 Å². The molecule has 3 atom stereocenters. The number of aromatic nitrogens is 1. The molecule has 0 bridgehead atoms. The highest BCUT2D eigenvalue weighted by molar-refractivity contribution is 7.92. The lowest BCUT2D eigenvalue weighted by Gasteiger charge is -2.34. The molecule has 0 saturated heterocycles. The number of amides is 1. The number of likely N-dealkylation sites (N-methyl/N-ethyl adjacent to an activating group) is 1. The van der Waals surface area contributed by atoms with E-state index in [1.165, 1.54) is 12.1 Å². The lowest BCUT2D eigenvalue weighted by Crippen LogP contribution is -2.47. The summed E-state index contributed by atoms with van der Waals surface area (Å²) in [5.41, 5.74) is 2.05. The Hall–Kier alpha value is -3.47. The summed E-state index contributed by atoms with van der Waals surface area (Å²) in [5, 5.41) is 9.86. The Balaban J connectivity index is 1.63. The van der Waals surface area contributed by atoms with Gasteiger partial charge in [-0.2, -0.15) is 0 Å². The number of aliphatic hydroxyl groups is 1. The first-order chi connectivity index (χ1) is 18.7. The van der Waals surface area contributed by atoms with E-state index in [-0.39, 0.29) is 41.9 Å². The summed E-state index contributed by atoms with van der Waals surface area (Å²) in [6.07, 6.45) is 3.29. The quantitative estimate of drug-likeness (QED) is 0.419. The van der Waals surface area contributed by atoms with Crippen LogP contribution in [-0.2, 0) is 27.8 Å². The van der Waals surface area contributed by atoms with E-state index in [0.29, 0.717) is 36.6 Å². The normalized spacial score (nSPS) is 18.9. The van der Waals surface area contributed by atoms with E-state index in [9.17, 15) is 18.3 Å². The smallest absolute Gasteiger partial charge is 0.261 e. The second-order valence-electron chi connectivity index (χ2n) is 10.2. The zero-order chi connectivity index (χ0) is 28.0. The number of pyridine rings is 1. The highest BCUT2D eigenvalue weighted by atomic mass is 32.2. The maximum absolute atomic E-state index is 13.4. The van der Waals surface area contributed by atoms with Crippen LogP contribution < -0.4 is 9.46 Å². The Kier molecular flexibility index (Phi) is 9.21. The first-order valence-electron chi connectivity index (χ1n) is 13.0. The van der Waals surface area contributed by atoms with Gasteiger partial charge in [0.15, 0.2) is 0 Å². The average molecular weight is 553 g/mol. The van der Waals surface area contributed by atoms with Gasteiger partial charge in [0.1, 0.15) is 11.9 Å². The molecule has 1 aliphatic rings. The van der Waals surface area contributed by atoms with Crippen LogP contribution in [0.3, 0.4) is 0 Å². The van der Waals surface area contributed by atoms with Crippen molar-refractivity contribution in [3.8, 4) is 5.75 Å². The summed E-state index contributed by atoms with van der Waals surface area (Å²) in [7, 11) is -1.78. The molecule has 39 heavy (non-hydrogen) atoms. The Morgan fingerprint density at radius 1 is 1.15 bits per heavy atom. The van der Waals surface area contributed by atoms with E-state index in [0.717, 1.165) is 5.56 Å². The molecule has 2 N–H and O–H groups in total. The minimum Gasteiger partial charge on any atom is -0.488 e. The van der Waals surface area contributed by atoms with Crippen LogP contribution in [-0.4, -0.2) is 73.1 Å². The number of hydrogen-bond acceptors (Lipinski definition) is 7. The van der Waals surface area contributed by atoms with Gasteiger partial charge in [-0.3, -0.25) is 19.4 Å². The van der Waals surface area contributed by atoms with E-state index in [4.69, 9.17) is 4.74 Å². The minimum absolute atomic E-state index is 0.0207. The van der Waals surface area contributed by atoms with Gasteiger partial charge in [-0.05, 0) is 62.0 Å². The molecule has 0 fully saturated rings. The standard InChI is InChI=1S/C29H36N4O5S/c1-21-17-33(22(2)20-34)29(35)16-24-15-25(31-39(36,37)26-7-5-4-6-8-26)9-10-27(24)38-28(21)19-32(3)18-23-11-13-30-14-12-23/h4-15,21-22,28,31,34H,16-20H2,1-3H3/t21-,22-,28+/m1/s1. The van der Waals surface area contributed by atoms with Gasteiger partial charge in [0.25, 0.3) is 10.0 Å². The fourth-order valence-corrected chi connectivity index (χ4v) is 5.77. The Morgan fingerprint density at radius 3 is 2.56 bits per heavy atom. The summed E-state index contributed by atoms with van der Waals surface area (Å²) < 4.78 is 35.0. The number of hydrogen-bond donors (Lipinski definition) is 2. The van der Waals surface area contributed by atoms with Crippen molar-refractivity contribution >= 4 is 21.6 Å². The Bertz CT molecular complexity index is 1350. The maximum atomic E-state index is 13.4. The highest BCUT2D eigenvalue weighted by Crippen LogP contribution is 2.30. The number of sulfonamides is 1. The highest BCUT2D eigenvalue weighted by Gasteiger charge is 2.31. The molecular weight excluding hydrogens is 516 g/mol. The first kappa shape index (κ1) is 28.5. The molecule has 2 aromatic carbocycles. The molecule has 10 heteroatoms. The van der Waals surface area contributed by atoms with E-state index in [1.807, 2.05) is 33.0 Å². The molecule has 0 saturated carbocycles. The molecule has 0 spiro atoms. The monoisotopic (exact) mass is 552 g/mol. The van der Waals surface area contributed by atoms with Crippen molar-refractivity contribution in [1.29, 1.82) is 0 Å². The maximum Gasteiger partial charge on any atom is 0.261 e. The number of nitrogens with one attached hydrogen (secondary N) is 1. The van der Waals surface area contributed by atoms with Crippen molar-refractivity contribution in [2.24, 2.45) is 5.92 Å². The van der Waals surface area contributed by atoms with E-state index in [2.05, 4.69) is 14.6 Å². The topological polar surface area (TPSA) is 112 Å². The molecule has 1 aromatic heterocycles. The van der Waals surface area contributed by atoms with Crippen LogP contribution in [0.15, 0.2) is 78.0 Å². The van der Waals surface area contributed by atoms with Gasteiger partial charge in [0, 0.05) is 49.2 Å². The summed E-state index contributed by atoms with van der Waals surface area (Å²) >= 11 is 0. The van der Waals surface area contributed by atoms with Crippen LogP contribution in [0.1, 0.15) is 25.0 Å². The molecule has 2 heterocycles. The predicted molar refractivity (Wildman–Crippen MR) is 150 cm³/mol. The summed E-state index contributed by atoms with van der Waals surface area (Å²) in [6.45, 7) is 5.44. The molecule has 4 rings (SSSR count). The Morgan fingerprint density at radius 2 is 1.87 bits per heavy atom. The second kappa shape index (κ2) is 12.6. The van der Waals surface area contributed by atoms with Crippen LogP contribution in [0.4, 0.5) is 5.69 Å². The third-order valence-electron chi connectivity index (χ3n) is 6.92. The molecule has 0 radical (unpaired) electrons. The summed E-state index contributed by atoms with van der Waals surface area (Å²) in [4.78, 5) is 21.5. The largest absolute Gasteiger partial charge is 0.488 e. The fraction of sp³-hybridized carbons (Fsp3) is 0.379. The number of aliphatic hydroxyl groups excluding tert-OH is 1. The van der Waals surface area contributed by atoms with Gasteiger partial charge in [-0.1, -0.05) is 25.1 Å². The Labute approximate surface area is 230 Å². The third-order valence-corrected chi connectivity index (χ3v) is 8.31. The predicted octanol–water partition coefficient (Wildman–Crippen LogP) is 3.16. The fourth-order valence-electron chi connectivity index (χ4n) is 4.70. The van der Waals surface area contributed by atoms with Crippen LogP contribution in [0, 0.1) is 5.92 Å². The molecule has 9 nitrogen and oxygen atoms in total. The zero-order valence-corrected chi connectivity index (χ0v) is 23.3. The molecular formula is C29H36N4O5S. The van der Waals surface area contributed by atoms with E-state index < -0.39 is 10.0 Å². The third kappa shape index (κ3) is 7.35. The zero-order valence-electron chi connectivity index (χ0n) is 22.5. The van der Waals surface area contributed by atoms with Crippen molar-refractivity contribution in [2.75, 3.05) is 31.5 Å². The molecule has 0 unspecified atom stereocenters. The van der Waals surface area contributed by atoms with Crippen molar-refractivity contribution < 1.29 is 23.1 Å². The number of anilines is 1. The van der Waals surface area contributed by atoms with Gasteiger partial charge in [-0.25, -0.2) is 8.42 Å². The second-order valence-corrected chi connectivity index (χ2v) is 11.9. The molecule has 1 aliphatic heterocycles. The van der Waals surface area contributed by atoms with Crippen LogP contribution in [0.2, 0.25) is 0 Å². The summed E-state index contributed by atoms with van der Waals surface area (Å²) in [5.74, 6) is 0.353. The number of carbonyl (C=O) groups excluding carboxylic acids is 1. The van der Waals surface area contributed by atoms with Crippen molar-refractivity contribution in [1.82, 2.24) is 14.8 Å². The van der Waals surface area contributed by atoms with Gasteiger partial charge in [0.2, 0.25) is 5.91 Å². The van der Waals surface area contributed by atoms with Crippen LogP contribution in [0.25, 0.3) is 0 Å². The van der Waals surface area contributed by atoms with Crippen molar-refractivity contribution in [2.45, 2.75) is 43.9 Å². The number of fused-ring (bicyclic) bond motifs is 1.